The van der Waals surface area contributed by atoms with Crippen molar-refractivity contribution in [2.75, 3.05) is 12.3 Å². The van der Waals surface area contributed by atoms with Crippen LogP contribution in [0.1, 0.15) is 6.92 Å². The average Bonchev–Trinajstić information content (AvgIpc) is 2.17. The number of rotatable bonds is 2. The molecule has 50 valence electrons. The van der Waals surface area contributed by atoms with Crippen LogP contribution in [0.15, 0.2) is 16.7 Å². The molecule has 0 spiro atoms. The summed E-state index contributed by atoms with van der Waals surface area (Å²) in [6.45, 7) is 2.49. The molecular formula is C6H9NO2. The Morgan fingerprint density at radius 2 is 2.56 bits per heavy atom. The highest BCUT2D eigenvalue weighted by molar-refractivity contribution is 5.37. The van der Waals surface area contributed by atoms with Crippen LogP contribution in [0.3, 0.4) is 0 Å². The van der Waals surface area contributed by atoms with E-state index >= 15 is 0 Å². The van der Waals surface area contributed by atoms with E-state index in [9.17, 15) is 0 Å². The van der Waals surface area contributed by atoms with Crippen molar-refractivity contribution in [1.29, 1.82) is 0 Å². The zero-order valence-electron chi connectivity index (χ0n) is 5.26. The third-order valence-corrected chi connectivity index (χ3v) is 0.882. The molecule has 0 atom stereocenters. The second-order valence-corrected chi connectivity index (χ2v) is 1.63. The SMILES string of the molecule is CCOc1cc(N)co1. The molecule has 0 aliphatic heterocycles. The Hall–Kier alpha value is -1.12. The van der Waals surface area contributed by atoms with Crippen LogP contribution < -0.4 is 10.5 Å². The van der Waals surface area contributed by atoms with Crippen molar-refractivity contribution in [3.63, 3.8) is 0 Å². The lowest BCUT2D eigenvalue weighted by molar-refractivity contribution is 0.257. The summed E-state index contributed by atoms with van der Waals surface area (Å²) in [5.41, 5.74) is 5.93. The van der Waals surface area contributed by atoms with E-state index in [2.05, 4.69) is 0 Å². The topological polar surface area (TPSA) is 48.4 Å². The molecule has 0 amide bonds. The molecule has 0 fully saturated rings. The molecule has 1 heterocycles. The Morgan fingerprint density at radius 3 is 3.00 bits per heavy atom. The van der Waals surface area contributed by atoms with Gasteiger partial charge >= 0.3 is 0 Å². The third-order valence-electron chi connectivity index (χ3n) is 0.882. The number of nitrogens with two attached hydrogens (primary N) is 1. The van der Waals surface area contributed by atoms with Crippen molar-refractivity contribution in [3.8, 4) is 5.95 Å². The Morgan fingerprint density at radius 1 is 1.78 bits per heavy atom. The van der Waals surface area contributed by atoms with Gasteiger partial charge in [-0.1, -0.05) is 0 Å². The summed E-state index contributed by atoms with van der Waals surface area (Å²) >= 11 is 0. The van der Waals surface area contributed by atoms with Crippen LogP contribution in [0.5, 0.6) is 5.95 Å². The van der Waals surface area contributed by atoms with Gasteiger partial charge in [-0.15, -0.1) is 0 Å². The summed E-state index contributed by atoms with van der Waals surface area (Å²) in [5.74, 6) is 0.481. The maximum Gasteiger partial charge on any atom is 0.286 e. The quantitative estimate of drug-likeness (QED) is 0.650. The minimum absolute atomic E-state index is 0.481. The van der Waals surface area contributed by atoms with Gasteiger partial charge in [-0.25, -0.2) is 0 Å². The minimum Gasteiger partial charge on any atom is -0.465 e. The molecule has 3 heteroatoms. The highest BCUT2D eigenvalue weighted by Crippen LogP contribution is 2.16. The predicted molar refractivity (Wildman–Crippen MR) is 34.3 cm³/mol. The Bertz CT molecular complexity index is 183. The summed E-state index contributed by atoms with van der Waals surface area (Å²) in [4.78, 5) is 0. The largest absolute Gasteiger partial charge is 0.465 e. The van der Waals surface area contributed by atoms with Crippen molar-refractivity contribution in [2.45, 2.75) is 6.92 Å². The Kier molecular flexibility index (Phi) is 1.63. The molecule has 0 aliphatic rings. The molecule has 2 N–H and O–H groups in total. The van der Waals surface area contributed by atoms with E-state index in [1.54, 1.807) is 6.07 Å². The van der Waals surface area contributed by atoms with Gasteiger partial charge in [0, 0.05) is 6.07 Å². The van der Waals surface area contributed by atoms with Crippen LogP contribution in [-0.2, 0) is 0 Å². The smallest absolute Gasteiger partial charge is 0.286 e. The zero-order valence-corrected chi connectivity index (χ0v) is 5.26. The summed E-state index contributed by atoms with van der Waals surface area (Å²) in [5, 5.41) is 0. The van der Waals surface area contributed by atoms with Gasteiger partial charge in [0.25, 0.3) is 5.95 Å². The van der Waals surface area contributed by atoms with Gasteiger partial charge in [0.2, 0.25) is 0 Å². The minimum atomic E-state index is 0.481. The molecule has 0 saturated heterocycles. The maximum absolute atomic E-state index is 5.34. The highest BCUT2D eigenvalue weighted by atomic mass is 16.6. The van der Waals surface area contributed by atoms with Crippen molar-refractivity contribution >= 4 is 5.69 Å². The third kappa shape index (κ3) is 1.38. The highest BCUT2D eigenvalue weighted by Gasteiger charge is 1.95. The molecule has 0 aliphatic carbocycles. The van der Waals surface area contributed by atoms with E-state index in [-0.39, 0.29) is 0 Å². The molecule has 1 rings (SSSR count). The molecule has 1 aromatic rings. The van der Waals surface area contributed by atoms with E-state index in [1.165, 1.54) is 6.26 Å². The van der Waals surface area contributed by atoms with Crippen LogP contribution >= 0.6 is 0 Å². The van der Waals surface area contributed by atoms with E-state index in [0.717, 1.165) is 0 Å². The molecule has 0 unspecified atom stereocenters. The zero-order chi connectivity index (χ0) is 6.69. The molecule has 1 aromatic heterocycles. The molecule has 0 bridgehead atoms. The summed E-state index contributed by atoms with van der Waals surface area (Å²) in [6, 6.07) is 1.64. The Labute approximate surface area is 53.4 Å². The molecule has 0 aromatic carbocycles. The van der Waals surface area contributed by atoms with Gasteiger partial charge in [0.05, 0.1) is 12.3 Å². The first-order valence-electron chi connectivity index (χ1n) is 2.79. The number of furan rings is 1. The van der Waals surface area contributed by atoms with Gasteiger partial charge in [-0.3, -0.25) is 0 Å². The summed E-state index contributed by atoms with van der Waals surface area (Å²) in [6.07, 6.45) is 1.45. The van der Waals surface area contributed by atoms with Gasteiger partial charge in [0.1, 0.15) is 6.26 Å². The van der Waals surface area contributed by atoms with Crippen LogP contribution in [0.25, 0.3) is 0 Å². The standard InChI is InChI=1S/C6H9NO2/c1-2-8-6-3-5(7)4-9-6/h3-4H,2,7H2,1H3. The lowest BCUT2D eigenvalue weighted by Gasteiger charge is -1.92. The van der Waals surface area contributed by atoms with Gasteiger partial charge in [-0.2, -0.15) is 0 Å². The van der Waals surface area contributed by atoms with E-state index in [1.807, 2.05) is 6.92 Å². The van der Waals surface area contributed by atoms with Crippen LogP contribution in [0, 0.1) is 0 Å². The van der Waals surface area contributed by atoms with Crippen molar-refractivity contribution in [3.05, 3.63) is 12.3 Å². The molecule has 9 heavy (non-hydrogen) atoms. The fourth-order valence-electron chi connectivity index (χ4n) is 0.548. The van der Waals surface area contributed by atoms with Crippen LogP contribution in [0.4, 0.5) is 5.69 Å². The number of hydrogen-bond acceptors (Lipinski definition) is 3. The van der Waals surface area contributed by atoms with Crippen molar-refractivity contribution < 1.29 is 9.15 Å². The number of anilines is 1. The second-order valence-electron chi connectivity index (χ2n) is 1.63. The fourth-order valence-corrected chi connectivity index (χ4v) is 0.548. The fraction of sp³-hybridized carbons (Fsp3) is 0.333. The van der Waals surface area contributed by atoms with E-state index < -0.39 is 0 Å². The Balaban J connectivity index is 2.61. The first-order chi connectivity index (χ1) is 4.33. The first kappa shape index (κ1) is 6.01. The average molecular weight is 127 g/mol. The van der Waals surface area contributed by atoms with E-state index in [4.69, 9.17) is 14.9 Å². The normalized spacial score (nSPS) is 9.44. The summed E-state index contributed by atoms with van der Waals surface area (Å²) in [7, 11) is 0. The van der Waals surface area contributed by atoms with Crippen LogP contribution in [0.2, 0.25) is 0 Å². The molecule has 0 saturated carbocycles. The lowest BCUT2D eigenvalue weighted by Crippen LogP contribution is -1.88. The number of ether oxygens (including phenoxy) is 1. The number of hydrogen-bond donors (Lipinski definition) is 1. The van der Waals surface area contributed by atoms with E-state index in [0.29, 0.717) is 18.2 Å². The van der Waals surface area contributed by atoms with Gasteiger partial charge in [-0.05, 0) is 6.92 Å². The first-order valence-corrected chi connectivity index (χ1v) is 2.79. The van der Waals surface area contributed by atoms with Gasteiger partial charge < -0.3 is 14.9 Å². The molecule has 3 nitrogen and oxygen atoms in total. The monoisotopic (exact) mass is 127 g/mol. The van der Waals surface area contributed by atoms with Crippen molar-refractivity contribution in [1.82, 2.24) is 0 Å². The second kappa shape index (κ2) is 2.44. The molecule has 0 radical (unpaired) electrons. The van der Waals surface area contributed by atoms with Crippen molar-refractivity contribution in [2.24, 2.45) is 0 Å². The summed E-state index contributed by atoms with van der Waals surface area (Å²) < 4.78 is 9.84. The maximum atomic E-state index is 5.34. The molecular weight excluding hydrogens is 118 g/mol. The predicted octanol–water partition coefficient (Wildman–Crippen LogP) is 1.26. The lowest BCUT2D eigenvalue weighted by atomic mass is 10.5. The number of nitrogen functional groups attached to an aromatic ring is 1. The van der Waals surface area contributed by atoms with Gasteiger partial charge in [0.15, 0.2) is 0 Å². The van der Waals surface area contributed by atoms with Crippen LogP contribution in [-0.4, -0.2) is 6.61 Å².